The highest BCUT2D eigenvalue weighted by atomic mass is 35.5. The van der Waals surface area contributed by atoms with Crippen LogP contribution in [0, 0.1) is 24.0 Å². The molecule has 2 aromatic heterocycles. The van der Waals surface area contributed by atoms with Gasteiger partial charge in [-0.1, -0.05) is 29.7 Å². The van der Waals surface area contributed by atoms with Crippen LogP contribution in [0.15, 0.2) is 42.6 Å². The zero-order valence-electron chi connectivity index (χ0n) is 23.6. The first-order valence-electron chi connectivity index (χ1n) is 13.4. The largest absolute Gasteiger partial charge is 0.508 e. The summed E-state index contributed by atoms with van der Waals surface area (Å²) in [4.78, 5) is 15.2. The van der Waals surface area contributed by atoms with Crippen molar-refractivity contribution < 1.29 is 23.4 Å². The fourth-order valence-electron chi connectivity index (χ4n) is 5.80. The fraction of sp³-hybridized carbons (Fsp3) is 0.219. The maximum atomic E-state index is 16.9. The molecule has 0 radical (unpaired) electrons. The summed E-state index contributed by atoms with van der Waals surface area (Å²) < 4.78 is 43.7. The lowest BCUT2D eigenvalue weighted by Gasteiger charge is -2.37. The van der Waals surface area contributed by atoms with Gasteiger partial charge in [0.05, 0.1) is 35.2 Å². The third-order valence-corrected chi connectivity index (χ3v) is 8.36. The van der Waals surface area contributed by atoms with Crippen LogP contribution in [0.2, 0.25) is 5.02 Å². The number of aromatic nitrogens is 3. The van der Waals surface area contributed by atoms with Crippen molar-refractivity contribution in [2.75, 3.05) is 17.7 Å². The maximum Gasteiger partial charge on any atom is 0.318 e. The van der Waals surface area contributed by atoms with Crippen LogP contribution in [0.25, 0.3) is 32.8 Å². The highest BCUT2D eigenvalue weighted by Gasteiger charge is 2.38. The summed E-state index contributed by atoms with van der Waals surface area (Å²) in [5, 5.41) is 11.3. The Hall–Kier alpha value is -4.88. The molecule has 0 amide bonds. The molecule has 3 unspecified atom stereocenters. The highest BCUT2D eigenvalue weighted by Crippen LogP contribution is 2.52. The summed E-state index contributed by atoms with van der Waals surface area (Å²) in [7, 11) is 1.38. The molecule has 0 saturated carbocycles. The van der Waals surface area contributed by atoms with E-state index in [9.17, 15) is 9.50 Å². The first kappa shape index (κ1) is 28.2. The minimum Gasteiger partial charge on any atom is -0.508 e. The smallest absolute Gasteiger partial charge is 0.318 e. The number of methoxy groups -OCH3 is 1. The molecule has 218 valence electrons. The van der Waals surface area contributed by atoms with Crippen LogP contribution >= 0.6 is 11.6 Å². The summed E-state index contributed by atoms with van der Waals surface area (Å²) in [6, 6.07) is 8.15. The summed E-state index contributed by atoms with van der Waals surface area (Å²) in [5.41, 5.74) is 6.63. The predicted octanol–water partition coefficient (Wildman–Crippen LogP) is 6.79. The van der Waals surface area contributed by atoms with Crippen LogP contribution in [0.4, 0.5) is 20.4 Å². The van der Waals surface area contributed by atoms with Gasteiger partial charge >= 0.3 is 6.01 Å². The minimum atomic E-state index is -0.857. The molecule has 0 aliphatic carbocycles. The molecule has 5 aromatic rings. The molecule has 0 saturated heterocycles. The quantitative estimate of drug-likeness (QED) is 0.217. The monoisotopic (exact) mass is 601 g/mol. The highest BCUT2D eigenvalue weighted by molar-refractivity contribution is 6.37. The van der Waals surface area contributed by atoms with Crippen molar-refractivity contribution in [3.8, 4) is 41.0 Å². The number of rotatable bonds is 4. The van der Waals surface area contributed by atoms with E-state index in [1.54, 1.807) is 12.3 Å². The minimum absolute atomic E-state index is 0.0733. The standard InChI is InChI=1S/C32H26ClF2N5O3/c1-6-19-22(34)10-9-17-12-18(41)13-21(23(17)19)24-26(33)29-25-28(27(24)35)38-32(42-5)39-31(25)40(14(2)16(4)43-29)15(3)20-8-7-11-37-30(20)36/h1,7-16,41H,2-5H3,(H2,36,37). The van der Waals surface area contributed by atoms with Crippen molar-refractivity contribution in [2.45, 2.75) is 39.0 Å². The van der Waals surface area contributed by atoms with Gasteiger partial charge in [-0.2, -0.15) is 9.97 Å². The van der Waals surface area contributed by atoms with E-state index in [1.807, 2.05) is 31.7 Å². The molecule has 11 heteroatoms. The van der Waals surface area contributed by atoms with Crippen LogP contribution in [-0.2, 0) is 0 Å². The Kier molecular flexibility index (Phi) is 6.86. The zero-order valence-corrected chi connectivity index (χ0v) is 24.4. The number of fused-ring (bicyclic) bond motifs is 1. The molecule has 1 aliphatic rings. The number of pyridine rings is 1. The number of phenols is 1. The summed E-state index contributed by atoms with van der Waals surface area (Å²) in [6.45, 7) is 5.73. The molecule has 6 rings (SSSR count). The van der Waals surface area contributed by atoms with E-state index in [4.69, 9.17) is 33.2 Å². The lowest BCUT2D eigenvalue weighted by molar-refractivity contribution is 0.193. The molecule has 3 N–H and O–H groups in total. The predicted molar refractivity (Wildman–Crippen MR) is 163 cm³/mol. The number of halogens is 3. The van der Waals surface area contributed by atoms with Crippen LogP contribution < -0.4 is 20.1 Å². The molecule has 0 spiro atoms. The number of nitrogen functional groups attached to an aromatic ring is 1. The molecule has 8 nitrogen and oxygen atoms in total. The van der Waals surface area contributed by atoms with Crippen molar-refractivity contribution in [1.82, 2.24) is 15.0 Å². The normalized spacial score (nSPS) is 16.9. The summed E-state index contributed by atoms with van der Waals surface area (Å²) in [6.07, 6.45) is 6.79. The van der Waals surface area contributed by atoms with Crippen LogP contribution in [0.5, 0.6) is 17.5 Å². The Morgan fingerprint density at radius 1 is 1.19 bits per heavy atom. The van der Waals surface area contributed by atoms with Crippen LogP contribution in [-0.4, -0.2) is 39.3 Å². The zero-order chi connectivity index (χ0) is 30.7. The van der Waals surface area contributed by atoms with E-state index in [-0.39, 0.29) is 67.6 Å². The molecule has 3 heterocycles. The number of phenolic OH excluding ortho intramolecular Hbond substituents is 1. The van der Waals surface area contributed by atoms with Gasteiger partial charge in [-0.3, -0.25) is 0 Å². The van der Waals surface area contributed by atoms with Crippen LogP contribution in [0.1, 0.15) is 37.9 Å². The molecule has 3 atom stereocenters. The van der Waals surface area contributed by atoms with E-state index in [2.05, 4.69) is 20.9 Å². The molecular formula is C32H26ClF2N5O3. The number of hydrogen-bond donors (Lipinski definition) is 2. The van der Waals surface area contributed by atoms with E-state index in [0.29, 0.717) is 17.0 Å². The van der Waals surface area contributed by atoms with Gasteiger partial charge in [-0.15, -0.1) is 6.42 Å². The number of ether oxygens (including phenoxy) is 2. The Morgan fingerprint density at radius 3 is 2.65 bits per heavy atom. The number of aromatic hydroxyl groups is 1. The second kappa shape index (κ2) is 10.4. The number of nitrogens with two attached hydrogens (primary N) is 1. The average molecular weight is 602 g/mol. The van der Waals surface area contributed by atoms with Gasteiger partial charge in [0.15, 0.2) is 11.6 Å². The molecule has 43 heavy (non-hydrogen) atoms. The third-order valence-electron chi connectivity index (χ3n) is 8.00. The van der Waals surface area contributed by atoms with Crippen molar-refractivity contribution in [3.05, 3.63) is 70.4 Å². The van der Waals surface area contributed by atoms with E-state index >= 15 is 4.39 Å². The Morgan fingerprint density at radius 2 is 1.95 bits per heavy atom. The Bertz CT molecular complexity index is 2000. The second-order valence-corrected chi connectivity index (χ2v) is 10.8. The third kappa shape index (κ3) is 4.31. The molecule has 3 aromatic carbocycles. The summed E-state index contributed by atoms with van der Waals surface area (Å²) in [5.74, 6) is 1.39. The Labute approximate surface area is 251 Å². The van der Waals surface area contributed by atoms with Crippen molar-refractivity contribution in [2.24, 2.45) is 0 Å². The van der Waals surface area contributed by atoms with E-state index in [1.165, 1.54) is 31.4 Å². The van der Waals surface area contributed by atoms with Gasteiger partial charge in [0, 0.05) is 22.7 Å². The van der Waals surface area contributed by atoms with Crippen molar-refractivity contribution >= 4 is 44.9 Å². The van der Waals surface area contributed by atoms with Gasteiger partial charge in [0.2, 0.25) is 0 Å². The van der Waals surface area contributed by atoms with E-state index in [0.717, 1.165) is 5.56 Å². The molecule has 0 bridgehead atoms. The van der Waals surface area contributed by atoms with Gasteiger partial charge in [-0.05, 0) is 56.0 Å². The fourth-order valence-corrected chi connectivity index (χ4v) is 6.12. The van der Waals surface area contributed by atoms with Crippen molar-refractivity contribution in [3.63, 3.8) is 0 Å². The van der Waals surface area contributed by atoms with Crippen molar-refractivity contribution in [1.29, 1.82) is 0 Å². The SMILES string of the molecule is C#Cc1c(F)ccc2cc(O)cc(-c3c(Cl)c4c5c(nc(OC)nc5c3F)N(C(C)c3cccnc3N)C(C)C(C)O4)c12. The first-order chi connectivity index (χ1) is 20.6. The lowest BCUT2D eigenvalue weighted by Crippen LogP contribution is -2.44. The van der Waals surface area contributed by atoms with Crippen LogP contribution in [0.3, 0.4) is 0 Å². The van der Waals surface area contributed by atoms with Gasteiger partial charge in [0.1, 0.15) is 34.8 Å². The first-order valence-corrected chi connectivity index (χ1v) is 13.8. The Balaban J connectivity index is 1.74. The molecule has 0 fully saturated rings. The number of anilines is 2. The molecule has 1 aliphatic heterocycles. The van der Waals surface area contributed by atoms with Gasteiger partial charge in [0.25, 0.3) is 0 Å². The molecular weight excluding hydrogens is 576 g/mol. The number of hydrogen-bond acceptors (Lipinski definition) is 8. The second-order valence-electron chi connectivity index (χ2n) is 10.4. The average Bonchev–Trinajstić information content (AvgIpc) is 3.09. The van der Waals surface area contributed by atoms with Gasteiger partial charge in [-0.25, -0.2) is 13.8 Å². The topological polar surface area (TPSA) is 107 Å². The number of benzene rings is 3. The lowest BCUT2D eigenvalue weighted by atomic mass is 9.92. The van der Waals surface area contributed by atoms with Gasteiger partial charge < -0.3 is 25.2 Å². The van der Waals surface area contributed by atoms with E-state index < -0.39 is 17.7 Å². The summed E-state index contributed by atoms with van der Waals surface area (Å²) >= 11 is 7.02. The number of terminal acetylenes is 1. The maximum absolute atomic E-state index is 16.9. The number of nitrogens with zero attached hydrogens (tertiary/aromatic N) is 4.